The Balaban J connectivity index is 0.000000133. The van der Waals surface area contributed by atoms with E-state index in [2.05, 4.69) is 135 Å². The summed E-state index contributed by atoms with van der Waals surface area (Å²) in [7, 11) is 3.80. The molecule has 12 rings (SSSR count). The molecule has 6 N–H and O–H groups in total. The lowest BCUT2D eigenvalue weighted by Gasteiger charge is -2.13. The highest BCUT2D eigenvalue weighted by atomic mass is 127. The Morgan fingerprint density at radius 2 is 1.06 bits per heavy atom. The number of anilines is 2. The van der Waals surface area contributed by atoms with Gasteiger partial charge in [-0.05, 0) is 170 Å². The van der Waals surface area contributed by atoms with Crippen LogP contribution in [0.15, 0.2) is 105 Å². The molecule has 0 aliphatic heterocycles. The molecule has 8 heterocycles. The molecule has 17 nitrogen and oxygen atoms in total. The number of rotatable bonds is 6. The minimum atomic E-state index is 0.585. The van der Waals surface area contributed by atoms with Crippen molar-refractivity contribution in [2.45, 2.75) is 48.5 Å². The van der Waals surface area contributed by atoms with E-state index in [9.17, 15) is 0 Å². The number of nitrogens with zero attached hydrogens (tertiary/aromatic N) is 10. The van der Waals surface area contributed by atoms with E-state index < -0.39 is 0 Å². The lowest BCUT2D eigenvalue weighted by Crippen LogP contribution is -1.98. The first-order chi connectivity index (χ1) is 34.5. The third-order valence-corrected chi connectivity index (χ3v) is 14.2. The zero-order chi connectivity index (χ0) is 50.7. The van der Waals surface area contributed by atoms with E-state index in [1.54, 1.807) is 15.6 Å². The van der Waals surface area contributed by atoms with Gasteiger partial charge in [0.25, 0.3) is 0 Å². The molecule has 0 saturated heterocycles. The summed E-state index contributed by atoms with van der Waals surface area (Å²) >= 11 is 4.48. The SMILES string of the molecule is Cc1ccc2ncccc2c1-c1cc(-c2c(C)noc2C)cc2[nH]c(-c3cnn(C)c3)nc12.Cc1noc(C)c1-c1cc(I)c2nc(-c3cnn(C)c3)[nH]c2c1.Cc1noc(C)c1-c1cc(N)c(N)c(I)c1. The van der Waals surface area contributed by atoms with Crippen LogP contribution in [0.1, 0.15) is 39.9 Å². The molecule has 362 valence electrons. The van der Waals surface area contributed by atoms with Crippen LogP contribution in [0.5, 0.6) is 0 Å². The zero-order valence-electron chi connectivity index (χ0n) is 40.8. The average molecular weight is 1180 g/mol. The molecule has 0 fully saturated rings. The van der Waals surface area contributed by atoms with Gasteiger partial charge in [0.2, 0.25) is 0 Å². The molecule has 0 radical (unpaired) electrons. The van der Waals surface area contributed by atoms with Gasteiger partial charge >= 0.3 is 0 Å². The van der Waals surface area contributed by atoms with Crippen LogP contribution >= 0.6 is 45.2 Å². The summed E-state index contributed by atoms with van der Waals surface area (Å²) in [5, 5.41) is 21.8. The second-order valence-electron chi connectivity index (χ2n) is 17.6. The molecule has 8 aromatic heterocycles. The number of hydrogen-bond acceptors (Lipinski definition) is 13. The largest absolute Gasteiger partial charge is 0.397 e. The standard InChI is InChI=1S/C26H22N6O.C16H14IN5O.C11H12IN3O/c1-14-7-8-21-19(6-5-9-27-21)23(14)20-10-17(24-15(2)31-33-16(24)3)11-22-25(20)30-26(29-22)18-12-28-32(4)13-18;1-8-14(9(2)23-21-8)10-4-12(17)15-13(5-10)19-16(20-15)11-6-18-22(3)7-11;1-5-10(6(2)16-15-5)7-3-8(12)11(14)9(13)4-7/h5-13H,1-4H3,(H,29,30);4-7H,1-3H3,(H,19,20);3-4H,13-14H2,1-2H3. The number of hydrogen-bond donors (Lipinski definition) is 4. The van der Waals surface area contributed by atoms with Crippen molar-refractivity contribution in [3.05, 3.63) is 139 Å². The molecule has 0 spiro atoms. The number of nitrogen functional groups attached to an aromatic ring is 2. The fraction of sp³-hybridized carbons (Fsp3) is 0.170. The molecule has 0 atom stereocenters. The van der Waals surface area contributed by atoms with Crippen LogP contribution in [0.4, 0.5) is 11.4 Å². The maximum Gasteiger partial charge on any atom is 0.141 e. The number of aromatic nitrogens is 12. The van der Waals surface area contributed by atoms with Crippen molar-refractivity contribution in [1.29, 1.82) is 0 Å². The summed E-state index contributed by atoms with van der Waals surface area (Å²) in [6.07, 6.45) is 9.35. The zero-order valence-corrected chi connectivity index (χ0v) is 45.1. The van der Waals surface area contributed by atoms with Gasteiger partial charge in [-0.15, -0.1) is 0 Å². The van der Waals surface area contributed by atoms with Crippen LogP contribution in [0.25, 0.3) is 100 Å². The van der Waals surface area contributed by atoms with Crippen LogP contribution in [0.3, 0.4) is 0 Å². The topological polar surface area (TPSA) is 236 Å². The summed E-state index contributed by atoms with van der Waals surface area (Å²) in [5.41, 5.74) is 31.6. The second-order valence-corrected chi connectivity index (χ2v) is 20.0. The number of fused-ring (bicyclic) bond motifs is 3. The highest BCUT2D eigenvalue weighted by Crippen LogP contribution is 2.41. The number of H-pyrrole nitrogens is 2. The summed E-state index contributed by atoms with van der Waals surface area (Å²) < 4.78 is 21.5. The Morgan fingerprint density at radius 1 is 0.556 bits per heavy atom. The van der Waals surface area contributed by atoms with E-state index in [1.807, 2.05) is 98.6 Å². The monoisotopic (exact) mass is 1180 g/mol. The summed E-state index contributed by atoms with van der Waals surface area (Å²) in [6, 6.07) is 20.6. The average Bonchev–Trinajstić information content (AvgIpc) is 4.24. The molecule has 12 aromatic rings. The van der Waals surface area contributed by atoms with Gasteiger partial charge in [0.15, 0.2) is 0 Å². The van der Waals surface area contributed by atoms with Crippen molar-refractivity contribution in [3.8, 4) is 67.3 Å². The summed E-state index contributed by atoms with van der Waals surface area (Å²) in [6.45, 7) is 13.7. The number of aryl methyl sites for hydroxylation is 9. The quantitative estimate of drug-likeness (QED) is 0.0897. The van der Waals surface area contributed by atoms with E-state index in [0.29, 0.717) is 11.4 Å². The van der Waals surface area contributed by atoms with E-state index in [1.165, 1.54) is 5.56 Å². The minimum Gasteiger partial charge on any atom is -0.397 e. The van der Waals surface area contributed by atoms with Gasteiger partial charge < -0.3 is 35.0 Å². The number of halogens is 2. The lowest BCUT2D eigenvalue weighted by molar-refractivity contribution is 0.393. The number of benzene rings is 4. The number of pyridine rings is 1. The maximum atomic E-state index is 5.85. The first-order valence-electron chi connectivity index (χ1n) is 22.7. The Labute approximate surface area is 440 Å². The maximum absolute atomic E-state index is 5.85. The molecular formula is C53H48I2N14O3. The van der Waals surface area contributed by atoms with Crippen molar-refractivity contribution in [1.82, 2.24) is 60.0 Å². The van der Waals surface area contributed by atoms with E-state index >= 15 is 0 Å². The predicted molar refractivity (Wildman–Crippen MR) is 298 cm³/mol. The number of nitrogens with one attached hydrogen (secondary N) is 2. The second kappa shape index (κ2) is 19.2. The van der Waals surface area contributed by atoms with Gasteiger partial charge in [0.1, 0.15) is 34.4 Å². The third kappa shape index (κ3) is 9.01. The van der Waals surface area contributed by atoms with Crippen molar-refractivity contribution in [2.75, 3.05) is 11.5 Å². The minimum absolute atomic E-state index is 0.585. The van der Waals surface area contributed by atoms with Gasteiger partial charge in [0.05, 0.1) is 74.0 Å². The van der Waals surface area contributed by atoms with Gasteiger partial charge in [-0.1, -0.05) is 27.6 Å². The first-order valence-corrected chi connectivity index (χ1v) is 24.9. The van der Waals surface area contributed by atoms with Crippen LogP contribution in [-0.2, 0) is 14.1 Å². The Hall–Kier alpha value is -7.66. The van der Waals surface area contributed by atoms with Crippen molar-refractivity contribution in [2.24, 2.45) is 14.1 Å². The Kier molecular flexibility index (Phi) is 12.8. The van der Waals surface area contributed by atoms with Crippen LogP contribution in [-0.4, -0.2) is 60.0 Å². The van der Waals surface area contributed by atoms with Crippen LogP contribution in [0, 0.1) is 55.6 Å². The molecule has 0 bridgehead atoms. The highest BCUT2D eigenvalue weighted by molar-refractivity contribution is 14.1. The lowest BCUT2D eigenvalue weighted by atomic mass is 9.92. The fourth-order valence-corrected chi connectivity index (χ4v) is 10.5. The van der Waals surface area contributed by atoms with Crippen LogP contribution in [0.2, 0.25) is 0 Å². The third-order valence-electron chi connectivity index (χ3n) is 12.5. The molecular weight excluding hydrogens is 1130 g/mol. The number of imidazole rings is 2. The van der Waals surface area contributed by atoms with Crippen LogP contribution < -0.4 is 11.5 Å². The van der Waals surface area contributed by atoms with Crippen molar-refractivity contribution >= 4 is 89.5 Å². The molecule has 0 unspecified atom stereocenters. The molecule has 0 amide bonds. The van der Waals surface area contributed by atoms with E-state index in [0.717, 1.165) is 142 Å². The first kappa shape index (κ1) is 48.0. The number of nitrogens with two attached hydrogens (primary N) is 2. The van der Waals surface area contributed by atoms with Crippen molar-refractivity contribution in [3.63, 3.8) is 0 Å². The van der Waals surface area contributed by atoms with Gasteiger partial charge in [0, 0.05) is 67.5 Å². The molecule has 0 aliphatic carbocycles. The van der Waals surface area contributed by atoms with Gasteiger partial charge in [-0.2, -0.15) is 10.2 Å². The Bertz CT molecular complexity index is 3930. The molecule has 0 saturated carbocycles. The Morgan fingerprint density at radius 3 is 1.56 bits per heavy atom. The number of aromatic amines is 2. The molecule has 0 aliphatic rings. The summed E-state index contributed by atoms with van der Waals surface area (Å²) in [5.74, 6) is 4.01. The molecule has 4 aromatic carbocycles. The van der Waals surface area contributed by atoms with Gasteiger partial charge in [-0.25, -0.2) is 9.97 Å². The smallest absolute Gasteiger partial charge is 0.141 e. The summed E-state index contributed by atoms with van der Waals surface area (Å²) in [4.78, 5) is 21.2. The predicted octanol–water partition coefficient (Wildman–Crippen LogP) is 12.3. The van der Waals surface area contributed by atoms with E-state index in [-0.39, 0.29) is 0 Å². The molecule has 19 heteroatoms. The van der Waals surface area contributed by atoms with Gasteiger partial charge in [-0.3, -0.25) is 14.3 Å². The molecule has 72 heavy (non-hydrogen) atoms. The highest BCUT2D eigenvalue weighted by Gasteiger charge is 2.21. The fourth-order valence-electron chi connectivity index (χ4n) is 9.12. The van der Waals surface area contributed by atoms with Crippen molar-refractivity contribution < 1.29 is 13.6 Å². The normalized spacial score (nSPS) is 11.4. The van der Waals surface area contributed by atoms with E-state index in [4.69, 9.17) is 35.0 Å².